The number of pyridine rings is 2. The second kappa shape index (κ2) is 10.4. The molecule has 36 heavy (non-hydrogen) atoms. The molecule has 196 valence electrons. The highest BCUT2D eigenvalue weighted by atomic mass is 19.4. The van der Waals surface area contributed by atoms with E-state index < -0.39 is 48.4 Å². The number of carbonyl (C=O) groups excluding carboxylic acids is 1. The molecule has 0 radical (unpaired) electrons. The first kappa shape index (κ1) is 27.3. The molecular weight excluding hydrogens is 487 g/mol. The first-order chi connectivity index (χ1) is 16.7. The summed E-state index contributed by atoms with van der Waals surface area (Å²) in [6.45, 7) is 5.63. The number of ether oxygens (including phenoxy) is 1. The lowest BCUT2D eigenvalue weighted by molar-refractivity contribution is -0.136. The molecule has 0 spiro atoms. The molecule has 0 fully saturated rings. The van der Waals surface area contributed by atoms with Gasteiger partial charge in [0.1, 0.15) is 12.3 Å². The number of hydrogen-bond acceptors (Lipinski definition) is 5. The van der Waals surface area contributed by atoms with Gasteiger partial charge >= 0.3 is 6.18 Å². The van der Waals surface area contributed by atoms with E-state index in [4.69, 9.17) is 4.74 Å². The molecule has 0 aliphatic heterocycles. The van der Waals surface area contributed by atoms with Crippen molar-refractivity contribution in [2.45, 2.75) is 71.4 Å². The molecule has 0 saturated carbocycles. The molecule has 3 heterocycles. The van der Waals surface area contributed by atoms with Crippen molar-refractivity contribution < 1.29 is 36.6 Å². The van der Waals surface area contributed by atoms with Crippen molar-refractivity contribution in [2.75, 3.05) is 0 Å². The molecule has 1 unspecified atom stereocenters. The van der Waals surface area contributed by atoms with E-state index in [9.17, 15) is 31.9 Å². The molecule has 7 nitrogen and oxygen atoms in total. The SMILES string of the molecule is Cc1cc(OCc2c(F)cncc2F)c2nc(C)c(C(=O)NC(CCCC(F)(F)F)C(C)(C)O)n2c1. The van der Waals surface area contributed by atoms with E-state index in [1.807, 2.05) is 0 Å². The second-order valence-corrected chi connectivity index (χ2v) is 9.18. The Labute approximate surface area is 204 Å². The number of aliphatic hydroxyl groups is 1. The van der Waals surface area contributed by atoms with Gasteiger partial charge in [0.25, 0.3) is 5.91 Å². The highest BCUT2D eigenvalue weighted by molar-refractivity contribution is 5.95. The van der Waals surface area contributed by atoms with Crippen molar-refractivity contribution in [3.63, 3.8) is 0 Å². The number of fused-ring (bicyclic) bond motifs is 1. The van der Waals surface area contributed by atoms with Crippen LogP contribution in [0.5, 0.6) is 5.75 Å². The molecule has 0 aromatic carbocycles. The molecule has 3 aromatic heterocycles. The van der Waals surface area contributed by atoms with Gasteiger partial charge in [0.2, 0.25) is 0 Å². The van der Waals surface area contributed by atoms with Crippen LogP contribution in [0, 0.1) is 25.5 Å². The van der Waals surface area contributed by atoms with Crippen LogP contribution in [-0.2, 0) is 6.61 Å². The Bertz CT molecular complexity index is 1230. The van der Waals surface area contributed by atoms with Gasteiger partial charge in [-0.3, -0.25) is 14.2 Å². The first-order valence-electron chi connectivity index (χ1n) is 11.2. The monoisotopic (exact) mass is 514 g/mol. The van der Waals surface area contributed by atoms with Gasteiger partial charge in [-0.25, -0.2) is 13.8 Å². The van der Waals surface area contributed by atoms with Crippen molar-refractivity contribution in [2.24, 2.45) is 0 Å². The van der Waals surface area contributed by atoms with E-state index in [0.717, 1.165) is 12.4 Å². The number of alkyl halides is 3. The number of rotatable bonds is 9. The van der Waals surface area contributed by atoms with Crippen LogP contribution in [0.3, 0.4) is 0 Å². The van der Waals surface area contributed by atoms with Crippen molar-refractivity contribution in [1.82, 2.24) is 19.7 Å². The quantitative estimate of drug-likeness (QED) is 0.401. The second-order valence-electron chi connectivity index (χ2n) is 9.18. The van der Waals surface area contributed by atoms with Crippen molar-refractivity contribution in [3.8, 4) is 5.75 Å². The summed E-state index contributed by atoms with van der Waals surface area (Å²) < 4.78 is 72.8. The van der Waals surface area contributed by atoms with Gasteiger partial charge in [0.15, 0.2) is 23.0 Å². The maximum atomic E-state index is 14.0. The third-order valence-electron chi connectivity index (χ3n) is 5.65. The predicted octanol–water partition coefficient (Wildman–Crippen LogP) is 4.81. The normalized spacial score (nSPS) is 13.2. The Kier molecular flexibility index (Phi) is 7.87. The van der Waals surface area contributed by atoms with E-state index in [1.165, 1.54) is 18.2 Å². The smallest absolute Gasteiger partial charge is 0.389 e. The number of nitrogens with zero attached hydrogens (tertiary/aromatic N) is 3. The minimum absolute atomic E-state index is 0.0879. The molecule has 0 saturated heterocycles. The Hall–Kier alpha value is -3.28. The highest BCUT2D eigenvalue weighted by Gasteiger charge is 2.33. The summed E-state index contributed by atoms with van der Waals surface area (Å²) in [7, 11) is 0. The highest BCUT2D eigenvalue weighted by Crippen LogP contribution is 2.27. The first-order valence-corrected chi connectivity index (χ1v) is 11.2. The van der Waals surface area contributed by atoms with Crippen LogP contribution < -0.4 is 10.1 Å². The zero-order valence-electron chi connectivity index (χ0n) is 20.2. The Morgan fingerprint density at radius 1 is 1.19 bits per heavy atom. The number of aromatic nitrogens is 3. The summed E-state index contributed by atoms with van der Waals surface area (Å²) in [6.07, 6.45) is -2.42. The van der Waals surface area contributed by atoms with Gasteiger partial charge in [0, 0.05) is 12.6 Å². The summed E-state index contributed by atoms with van der Waals surface area (Å²) in [5.74, 6) is -2.23. The van der Waals surface area contributed by atoms with Crippen molar-refractivity contribution in [3.05, 3.63) is 58.8 Å². The maximum Gasteiger partial charge on any atom is 0.389 e. The van der Waals surface area contributed by atoms with Crippen molar-refractivity contribution >= 4 is 11.6 Å². The lowest BCUT2D eigenvalue weighted by Gasteiger charge is -2.30. The Morgan fingerprint density at radius 3 is 2.42 bits per heavy atom. The molecule has 2 N–H and O–H groups in total. The largest absolute Gasteiger partial charge is 0.485 e. The number of hydrogen-bond donors (Lipinski definition) is 2. The number of carbonyl (C=O) groups is 1. The number of aryl methyl sites for hydroxylation is 2. The molecular formula is C24H27F5N4O3. The van der Waals surface area contributed by atoms with E-state index in [-0.39, 0.29) is 41.2 Å². The van der Waals surface area contributed by atoms with E-state index in [0.29, 0.717) is 5.56 Å². The predicted molar refractivity (Wildman–Crippen MR) is 121 cm³/mol. The summed E-state index contributed by atoms with van der Waals surface area (Å²) in [4.78, 5) is 21.0. The van der Waals surface area contributed by atoms with Crippen molar-refractivity contribution in [1.29, 1.82) is 0 Å². The zero-order valence-corrected chi connectivity index (χ0v) is 20.2. The molecule has 0 bridgehead atoms. The minimum atomic E-state index is -4.34. The molecule has 1 amide bonds. The Balaban J connectivity index is 1.89. The van der Waals surface area contributed by atoms with E-state index in [2.05, 4.69) is 15.3 Å². The van der Waals surface area contributed by atoms with Gasteiger partial charge in [-0.05, 0) is 52.2 Å². The number of nitrogens with one attached hydrogen (secondary N) is 1. The van der Waals surface area contributed by atoms with Gasteiger partial charge < -0.3 is 15.2 Å². The lowest BCUT2D eigenvalue weighted by Crippen LogP contribution is -2.49. The molecule has 3 aromatic rings. The van der Waals surface area contributed by atoms with Crippen LogP contribution in [0.25, 0.3) is 5.65 Å². The van der Waals surface area contributed by atoms with Crippen LogP contribution in [0.1, 0.15) is 60.4 Å². The fraction of sp³-hybridized carbons (Fsp3) is 0.458. The fourth-order valence-corrected chi connectivity index (χ4v) is 3.80. The number of halogens is 5. The van der Waals surface area contributed by atoms with Crippen LogP contribution in [0.15, 0.2) is 24.7 Å². The van der Waals surface area contributed by atoms with Gasteiger partial charge in [-0.2, -0.15) is 13.2 Å². The molecule has 1 atom stereocenters. The van der Waals surface area contributed by atoms with E-state index in [1.54, 1.807) is 26.1 Å². The number of amides is 1. The minimum Gasteiger partial charge on any atom is -0.485 e. The summed E-state index contributed by atoms with van der Waals surface area (Å²) >= 11 is 0. The van der Waals surface area contributed by atoms with E-state index >= 15 is 0 Å². The Morgan fingerprint density at radius 2 is 1.83 bits per heavy atom. The van der Waals surface area contributed by atoms with Gasteiger partial charge in [-0.1, -0.05) is 0 Å². The lowest BCUT2D eigenvalue weighted by atomic mass is 9.93. The molecule has 12 heteroatoms. The van der Waals surface area contributed by atoms with Gasteiger partial charge in [0.05, 0.1) is 35.3 Å². The average molecular weight is 514 g/mol. The zero-order chi connectivity index (χ0) is 26.8. The average Bonchev–Trinajstić information content (AvgIpc) is 3.06. The fourth-order valence-electron chi connectivity index (χ4n) is 3.80. The molecule has 3 rings (SSSR count). The van der Waals surface area contributed by atoms with Crippen LogP contribution in [0.2, 0.25) is 0 Å². The third-order valence-corrected chi connectivity index (χ3v) is 5.65. The molecule has 0 aliphatic carbocycles. The third kappa shape index (κ3) is 6.48. The standard InChI is InChI=1S/C24H27F5N4O3/c1-13-8-18(36-12-15-16(25)9-30-10-17(15)26)21-31-14(2)20(33(21)11-13)22(34)32-19(23(3,4)35)6-5-7-24(27,28)29/h8-11,19,35H,5-7,12H2,1-4H3,(H,32,34). The summed E-state index contributed by atoms with van der Waals surface area (Å²) in [6, 6.07) is 0.632. The summed E-state index contributed by atoms with van der Waals surface area (Å²) in [5, 5.41) is 13.1. The number of imidazole rings is 1. The van der Waals surface area contributed by atoms with Crippen LogP contribution >= 0.6 is 0 Å². The van der Waals surface area contributed by atoms with Crippen LogP contribution in [-0.4, -0.2) is 43.2 Å². The summed E-state index contributed by atoms with van der Waals surface area (Å²) in [5.41, 5.74) is -0.589. The van der Waals surface area contributed by atoms with Crippen LogP contribution in [0.4, 0.5) is 22.0 Å². The topological polar surface area (TPSA) is 88.8 Å². The van der Waals surface area contributed by atoms with Gasteiger partial charge in [-0.15, -0.1) is 0 Å². The molecule has 0 aliphatic rings. The maximum absolute atomic E-state index is 14.0.